The molecule has 0 spiro atoms. The van der Waals surface area contributed by atoms with E-state index in [1.165, 1.54) is 12.8 Å². The number of aromatic nitrogens is 1. The van der Waals surface area contributed by atoms with E-state index < -0.39 is 0 Å². The van der Waals surface area contributed by atoms with Crippen LogP contribution < -0.4 is 10.6 Å². The topological polar surface area (TPSA) is 37.0 Å². The lowest BCUT2D eigenvalue weighted by atomic mass is 10.1. The van der Waals surface area contributed by atoms with Crippen molar-refractivity contribution < 1.29 is 0 Å². The van der Waals surface area contributed by atoms with Gasteiger partial charge >= 0.3 is 0 Å². The lowest BCUT2D eigenvalue weighted by Crippen LogP contribution is -2.35. The van der Waals surface area contributed by atoms with Gasteiger partial charge < -0.3 is 10.6 Å². The first kappa shape index (κ1) is 16.0. The van der Waals surface area contributed by atoms with Crippen LogP contribution in [0.2, 0.25) is 0 Å². The van der Waals surface area contributed by atoms with Gasteiger partial charge in [0.2, 0.25) is 0 Å². The molecule has 0 unspecified atom stereocenters. The Morgan fingerprint density at radius 2 is 1.94 bits per heavy atom. The van der Waals surface area contributed by atoms with E-state index in [0.29, 0.717) is 6.04 Å². The molecule has 1 fully saturated rings. The molecule has 2 rings (SSSR count). The summed E-state index contributed by atoms with van der Waals surface area (Å²) >= 11 is 3.41. The Bertz CT molecular complexity index is 306. The van der Waals surface area contributed by atoms with Gasteiger partial charge in [0.15, 0.2) is 0 Å². The van der Waals surface area contributed by atoms with Crippen molar-refractivity contribution in [1.82, 2.24) is 10.3 Å². The highest BCUT2D eigenvalue weighted by Crippen LogP contribution is 2.16. The molecule has 6 heteroatoms. The summed E-state index contributed by atoms with van der Waals surface area (Å²) < 4.78 is 1.02. The molecule has 92 valence electrons. The second kappa shape index (κ2) is 8.12. The fourth-order valence-corrected chi connectivity index (χ4v) is 2.06. The van der Waals surface area contributed by atoms with Gasteiger partial charge in [-0.2, -0.15) is 0 Å². The summed E-state index contributed by atoms with van der Waals surface area (Å²) in [6.45, 7) is 2.22. The van der Waals surface area contributed by atoms with Crippen molar-refractivity contribution in [1.29, 1.82) is 0 Å². The van der Waals surface area contributed by atoms with E-state index in [4.69, 9.17) is 0 Å². The monoisotopic (exact) mass is 327 g/mol. The maximum atomic E-state index is 4.12. The summed E-state index contributed by atoms with van der Waals surface area (Å²) in [4.78, 5) is 4.12. The van der Waals surface area contributed by atoms with E-state index in [2.05, 4.69) is 37.6 Å². The van der Waals surface area contributed by atoms with Gasteiger partial charge in [0.05, 0.1) is 11.9 Å². The van der Waals surface area contributed by atoms with Crippen molar-refractivity contribution in [2.45, 2.75) is 18.9 Å². The Morgan fingerprint density at radius 3 is 2.56 bits per heavy atom. The third-order valence-corrected chi connectivity index (χ3v) is 2.85. The number of anilines is 1. The van der Waals surface area contributed by atoms with E-state index in [1.54, 1.807) is 6.20 Å². The van der Waals surface area contributed by atoms with Crippen LogP contribution >= 0.6 is 40.7 Å². The van der Waals surface area contributed by atoms with Crippen LogP contribution in [0.3, 0.4) is 0 Å². The normalized spacial score (nSPS) is 15.8. The van der Waals surface area contributed by atoms with Crippen LogP contribution in [0.4, 0.5) is 5.69 Å². The average molecular weight is 329 g/mol. The lowest BCUT2D eigenvalue weighted by molar-refractivity contribution is 0.479. The molecule has 16 heavy (non-hydrogen) atoms. The highest BCUT2D eigenvalue weighted by molar-refractivity contribution is 9.10. The van der Waals surface area contributed by atoms with E-state index in [9.17, 15) is 0 Å². The van der Waals surface area contributed by atoms with Gasteiger partial charge in [-0.25, -0.2) is 0 Å². The van der Waals surface area contributed by atoms with Crippen molar-refractivity contribution in [3.8, 4) is 0 Å². The second-order valence-electron chi connectivity index (χ2n) is 3.56. The second-order valence-corrected chi connectivity index (χ2v) is 4.48. The first-order valence-corrected chi connectivity index (χ1v) is 5.72. The molecular formula is C10H16BrCl2N3. The number of pyridine rings is 1. The van der Waals surface area contributed by atoms with Crippen LogP contribution in [0.1, 0.15) is 12.8 Å². The Balaban J connectivity index is 0.00000112. The summed E-state index contributed by atoms with van der Waals surface area (Å²) in [5.41, 5.74) is 1.10. The molecule has 3 nitrogen and oxygen atoms in total. The van der Waals surface area contributed by atoms with Crippen LogP contribution in [0.15, 0.2) is 22.9 Å². The first-order valence-electron chi connectivity index (χ1n) is 4.92. The molecule has 2 heterocycles. The summed E-state index contributed by atoms with van der Waals surface area (Å²) in [5, 5.41) is 6.84. The number of rotatable bonds is 2. The average Bonchev–Trinajstić information content (AvgIpc) is 2.19. The highest BCUT2D eigenvalue weighted by Gasteiger charge is 2.12. The molecular weight excluding hydrogens is 313 g/mol. The summed E-state index contributed by atoms with van der Waals surface area (Å²) in [5.74, 6) is 0. The summed E-state index contributed by atoms with van der Waals surface area (Å²) in [7, 11) is 0. The Kier molecular flexibility index (Phi) is 8.10. The number of halogens is 3. The van der Waals surface area contributed by atoms with Crippen molar-refractivity contribution in [2.24, 2.45) is 0 Å². The van der Waals surface area contributed by atoms with Crippen molar-refractivity contribution in [2.75, 3.05) is 18.4 Å². The molecule has 1 aromatic heterocycles. The largest absolute Gasteiger partial charge is 0.381 e. The molecule has 1 saturated heterocycles. The van der Waals surface area contributed by atoms with E-state index in [-0.39, 0.29) is 24.8 Å². The quantitative estimate of drug-likeness (QED) is 0.876. The molecule has 0 amide bonds. The molecule has 0 radical (unpaired) electrons. The molecule has 0 bridgehead atoms. The third-order valence-electron chi connectivity index (χ3n) is 2.41. The Morgan fingerprint density at radius 1 is 1.25 bits per heavy atom. The van der Waals surface area contributed by atoms with Crippen molar-refractivity contribution in [3.05, 3.63) is 22.9 Å². The molecule has 1 aliphatic heterocycles. The van der Waals surface area contributed by atoms with Gasteiger partial charge in [-0.1, -0.05) is 0 Å². The number of hydrogen-bond donors (Lipinski definition) is 2. The minimum absolute atomic E-state index is 0. The zero-order valence-electron chi connectivity index (χ0n) is 8.78. The van der Waals surface area contributed by atoms with Gasteiger partial charge in [0.1, 0.15) is 0 Å². The highest BCUT2D eigenvalue weighted by atomic mass is 79.9. The predicted octanol–water partition coefficient (Wildman–Crippen LogP) is 2.85. The van der Waals surface area contributed by atoms with Gasteiger partial charge in [-0.3, -0.25) is 4.98 Å². The molecule has 2 N–H and O–H groups in total. The van der Waals surface area contributed by atoms with Crippen molar-refractivity contribution in [3.63, 3.8) is 0 Å². The molecule has 0 saturated carbocycles. The van der Waals surface area contributed by atoms with Gasteiger partial charge in [0, 0.05) is 16.7 Å². The molecule has 0 aromatic carbocycles. The van der Waals surface area contributed by atoms with Crippen LogP contribution in [-0.2, 0) is 0 Å². The fraction of sp³-hybridized carbons (Fsp3) is 0.500. The van der Waals surface area contributed by atoms with Gasteiger partial charge in [-0.05, 0) is 47.9 Å². The standard InChI is InChI=1S/C10H14BrN3.2ClH/c11-8-5-10(7-13-6-8)14-9-1-3-12-4-2-9;;/h5-7,9,12,14H,1-4H2;2*1H. The number of nitrogens with zero attached hydrogens (tertiary/aromatic N) is 1. The van der Waals surface area contributed by atoms with Crippen LogP contribution in [0.5, 0.6) is 0 Å². The minimum Gasteiger partial charge on any atom is -0.381 e. The van der Waals surface area contributed by atoms with E-state index in [0.717, 1.165) is 23.2 Å². The molecule has 1 aliphatic rings. The van der Waals surface area contributed by atoms with Crippen LogP contribution in [-0.4, -0.2) is 24.1 Å². The van der Waals surface area contributed by atoms with Gasteiger partial charge in [-0.15, -0.1) is 24.8 Å². The number of hydrogen-bond acceptors (Lipinski definition) is 3. The predicted molar refractivity (Wildman–Crippen MR) is 75.9 cm³/mol. The van der Waals surface area contributed by atoms with E-state index >= 15 is 0 Å². The van der Waals surface area contributed by atoms with Crippen molar-refractivity contribution >= 4 is 46.4 Å². The minimum atomic E-state index is 0. The Hall–Kier alpha value is -0.0300. The maximum absolute atomic E-state index is 4.12. The molecule has 0 atom stereocenters. The molecule has 1 aromatic rings. The van der Waals surface area contributed by atoms with Gasteiger partial charge in [0.25, 0.3) is 0 Å². The Labute approximate surface area is 117 Å². The molecule has 0 aliphatic carbocycles. The smallest absolute Gasteiger partial charge is 0.0540 e. The number of nitrogens with one attached hydrogen (secondary N) is 2. The zero-order valence-corrected chi connectivity index (χ0v) is 12.0. The zero-order chi connectivity index (χ0) is 9.80. The summed E-state index contributed by atoms with van der Waals surface area (Å²) in [6, 6.07) is 2.65. The van der Waals surface area contributed by atoms with Crippen LogP contribution in [0.25, 0.3) is 0 Å². The first-order chi connectivity index (χ1) is 6.84. The summed E-state index contributed by atoms with van der Waals surface area (Å²) in [6.07, 6.45) is 6.04. The fourth-order valence-electron chi connectivity index (χ4n) is 1.69. The third kappa shape index (κ3) is 4.87. The van der Waals surface area contributed by atoms with Crippen LogP contribution in [0, 0.1) is 0 Å². The lowest BCUT2D eigenvalue weighted by Gasteiger charge is -2.24. The maximum Gasteiger partial charge on any atom is 0.0540 e. The van der Waals surface area contributed by atoms with E-state index in [1.807, 2.05) is 6.20 Å². The number of piperidine rings is 1. The SMILES string of the molecule is Brc1cncc(NC2CCNCC2)c1.Cl.Cl.